The van der Waals surface area contributed by atoms with Gasteiger partial charge in [0, 0.05) is 12.4 Å². The van der Waals surface area contributed by atoms with Gasteiger partial charge in [-0.15, -0.1) is 0 Å². The SMILES string of the molecule is CCCCCCCCCCCCCCCCC=CC(CC(=O)[O-])C(=O)O.[K+]. The van der Waals surface area contributed by atoms with Gasteiger partial charge in [0.1, 0.15) is 0 Å². The van der Waals surface area contributed by atoms with E-state index in [4.69, 9.17) is 5.11 Å². The van der Waals surface area contributed by atoms with E-state index in [9.17, 15) is 14.7 Å². The van der Waals surface area contributed by atoms with Gasteiger partial charge in [-0.1, -0.05) is 103 Å². The molecule has 0 heterocycles. The van der Waals surface area contributed by atoms with Crippen molar-refractivity contribution in [3.05, 3.63) is 12.2 Å². The molecule has 4 nitrogen and oxygen atoms in total. The average molecular weight is 407 g/mol. The molecule has 0 saturated heterocycles. The standard InChI is InChI=1S/C22H40O4.K/c1-2-3-4-5-6-7-8-9-10-11-12-13-14-15-16-17-18-20(22(25)26)19-21(23)24;/h17-18,20H,2-16,19H2,1H3,(H,23,24)(H,25,26);/q;+1/p-1. The second-order valence-corrected chi connectivity index (χ2v) is 7.33. The van der Waals surface area contributed by atoms with Gasteiger partial charge in [-0.05, 0) is 12.8 Å². The fourth-order valence-corrected chi connectivity index (χ4v) is 3.13. The molecule has 0 aromatic carbocycles. The second kappa shape index (κ2) is 22.6. The van der Waals surface area contributed by atoms with E-state index in [-0.39, 0.29) is 51.4 Å². The van der Waals surface area contributed by atoms with Crippen molar-refractivity contribution in [1.82, 2.24) is 0 Å². The minimum Gasteiger partial charge on any atom is -0.550 e. The number of allylic oxidation sites excluding steroid dienone is 1. The van der Waals surface area contributed by atoms with Crippen LogP contribution in [0.2, 0.25) is 0 Å². The summed E-state index contributed by atoms with van der Waals surface area (Å²) in [4.78, 5) is 21.4. The summed E-state index contributed by atoms with van der Waals surface area (Å²) in [5.41, 5.74) is 0. The maximum Gasteiger partial charge on any atom is 1.00 e. The Bertz CT molecular complexity index is 383. The molecule has 0 aromatic heterocycles. The third-order valence-electron chi connectivity index (χ3n) is 4.80. The first-order valence-corrected chi connectivity index (χ1v) is 10.7. The molecule has 5 heteroatoms. The van der Waals surface area contributed by atoms with E-state index in [1.54, 1.807) is 6.08 Å². The van der Waals surface area contributed by atoms with Crippen molar-refractivity contribution in [3.63, 3.8) is 0 Å². The first kappa shape index (κ1) is 29.5. The number of hydrogen-bond donors (Lipinski definition) is 1. The Morgan fingerprint density at radius 3 is 1.59 bits per heavy atom. The molecule has 0 rings (SSSR count). The van der Waals surface area contributed by atoms with Crippen molar-refractivity contribution in [3.8, 4) is 0 Å². The van der Waals surface area contributed by atoms with E-state index in [0.29, 0.717) is 0 Å². The Labute approximate surface area is 209 Å². The third kappa shape index (κ3) is 22.5. The fourth-order valence-electron chi connectivity index (χ4n) is 3.13. The number of carboxylic acids is 2. The zero-order valence-corrected chi connectivity index (χ0v) is 20.8. The Hall–Kier alpha value is 0.316. The van der Waals surface area contributed by atoms with Gasteiger partial charge in [0.2, 0.25) is 0 Å². The summed E-state index contributed by atoms with van der Waals surface area (Å²) in [6, 6.07) is 0. The number of hydrogen-bond acceptors (Lipinski definition) is 3. The van der Waals surface area contributed by atoms with Crippen molar-refractivity contribution < 1.29 is 71.2 Å². The van der Waals surface area contributed by atoms with E-state index in [1.165, 1.54) is 83.1 Å². The van der Waals surface area contributed by atoms with Crippen molar-refractivity contribution in [2.45, 2.75) is 110 Å². The molecule has 0 aliphatic carbocycles. The van der Waals surface area contributed by atoms with Crippen molar-refractivity contribution in [2.24, 2.45) is 5.92 Å². The molecule has 0 spiro atoms. The Morgan fingerprint density at radius 2 is 1.22 bits per heavy atom. The Morgan fingerprint density at radius 1 is 0.815 bits per heavy atom. The van der Waals surface area contributed by atoms with Gasteiger partial charge in [0.25, 0.3) is 0 Å². The van der Waals surface area contributed by atoms with Crippen LogP contribution in [0.15, 0.2) is 12.2 Å². The van der Waals surface area contributed by atoms with E-state index < -0.39 is 24.3 Å². The van der Waals surface area contributed by atoms with Gasteiger partial charge >= 0.3 is 57.4 Å². The number of carbonyl (C=O) groups excluding carboxylic acids is 1. The Balaban J connectivity index is 0. The largest absolute Gasteiger partial charge is 1.00 e. The van der Waals surface area contributed by atoms with Crippen LogP contribution in [-0.2, 0) is 9.59 Å². The molecule has 1 N–H and O–H groups in total. The minimum atomic E-state index is -1.32. The molecule has 0 fully saturated rings. The topological polar surface area (TPSA) is 77.4 Å². The van der Waals surface area contributed by atoms with Gasteiger partial charge in [-0.25, -0.2) is 0 Å². The smallest absolute Gasteiger partial charge is 0.550 e. The molecule has 0 amide bonds. The van der Waals surface area contributed by atoms with Crippen LogP contribution in [0.25, 0.3) is 0 Å². The first-order valence-electron chi connectivity index (χ1n) is 10.7. The predicted molar refractivity (Wildman–Crippen MR) is 105 cm³/mol. The normalized spacial score (nSPS) is 12.0. The number of carbonyl (C=O) groups is 2. The molecular formula is C22H39KO4. The number of aliphatic carboxylic acids is 2. The molecule has 0 radical (unpaired) electrons. The molecule has 27 heavy (non-hydrogen) atoms. The molecule has 1 atom stereocenters. The zero-order chi connectivity index (χ0) is 19.5. The minimum absolute atomic E-state index is 0. The summed E-state index contributed by atoms with van der Waals surface area (Å²) in [5, 5.41) is 19.4. The van der Waals surface area contributed by atoms with Crippen LogP contribution >= 0.6 is 0 Å². The van der Waals surface area contributed by atoms with Crippen LogP contribution in [0, 0.1) is 5.92 Å². The van der Waals surface area contributed by atoms with Gasteiger partial charge in [-0.3, -0.25) is 4.79 Å². The molecule has 0 aliphatic heterocycles. The summed E-state index contributed by atoms with van der Waals surface area (Å²) < 4.78 is 0. The van der Waals surface area contributed by atoms with Crippen LogP contribution in [0.1, 0.15) is 110 Å². The summed E-state index contributed by atoms with van der Waals surface area (Å²) in [7, 11) is 0. The molecule has 1 unspecified atom stereocenters. The molecule has 152 valence electrons. The maximum absolute atomic E-state index is 10.9. The number of unbranched alkanes of at least 4 members (excludes halogenated alkanes) is 14. The van der Waals surface area contributed by atoms with E-state index in [2.05, 4.69) is 6.92 Å². The van der Waals surface area contributed by atoms with Crippen molar-refractivity contribution in [2.75, 3.05) is 0 Å². The monoisotopic (exact) mass is 406 g/mol. The van der Waals surface area contributed by atoms with Gasteiger partial charge in [0.05, 0.1) is 5.92 Å². The third-order valence-corrected chi connectivity index (χ3v) is 4.80. The van der Waals surface area contributed by atoms with Crippen LogP contribution in [-0.4, -0.2) is 17.0 Å². The summed E-state index contributed by atoms with van der Waals surface area (Å²) >= 11 is 0. The van der Waals surface area contributed by atoms with Gasteiger partial charge in [0.15, 0.2) is 0 Å². The maximum atomic E-state index is 10.9. The van der Waals surface area contributed by atoms with Gasteiger partial charge in [-0.2, -0.15) is 0 Å². The van der Waals surface area contributed by atoms with Crippen molar-refractivity contribution in [1.29, 1.82) is 0 Å². The van der Waals surface area contributed by atoms with Crippen LogP contribution in [0.5, 0.6) is 0 Å². The molecule has 0 bridgehead atoms. The van der Waals surface area contributed by atoms with E-state index in [0.717, 1.165) is 19.3 Å². The summed E-state index contributed by atoms with van der Waals surface area (Å²) in [5.74, 6) is -3.39. The van der Waals surface area contributed by atoms with Gasteiger partial charge < -0.3 is 15.0 Å². The van der Waals surface area contributed by atoms with E-state index >= 15 is 0 Å². The Kier molecular flexibility index (Phi) is 24.7. The fraction of sp³-hybridized carbons (Fsp3) is 0.818. The van der Waals surface area contributed by atoms with Crippen LogP contribution in [0.4, 0.5) is 0 Å². The zero-order valence-electron chi connectivity index (χ0n) is 17.7. The predicted octanol–water partition coefficient (Wildman–Crippen LogP) is 2.26. The van der Waals surface area contributed by atoms with Crippen LogP contribution < -0.4 is 56.5 Å². The van der Waals surface area contributed by atoms with Crippen molar-refractivity contribution >= 4 is 11.9 Å². The molecule has 0 saturated carbocycles. The summed E-state index contributed by atoms with van der Waals surface area (Å²) in [6.07, 6.45) is 22.1. The molecule has 0 aromatic rings. The second-order valence-electron chi connectivity index (χ2n) is 7.33. The molecular weight excluding hydrogens is 367 g/mol. The average Bonchev–Trinajstić information content (AvgIpc) is 2.59. The first-order chi connectivity index (χ1) is 12.6. The number of rotatable bonds is 19. The van der Waals surface area contributed by atoms with Crippen LogP contribution in [0.3, 0.4) is 0 Å². The molecule has 0 aliphatic rings. The van der Waals surface area contributed by atoms with E-state index in [1.807, 2.05) is 0 Å². The number of carboxylic acid groups (broad SMARTS) is 2. The summed E-state index contributed by atoms with van der Waals surface area (Å²) in [6.45, 7) is 2.26. The quantitative estimate of drug-likeness (QED) is 0.203.